The number of nitrogens with zero attached hydrogens (tertiary/aromatic N) is 2. The predicted octanol–water partition coefficient (Wildman–Crippen LogP) is 4.21. The average molecular weight is 469 g/mol. The number of carbonyl (C=O) groups excluding carboxylic acids is 3. The Morgan fingerprint density at radius 1 is 0.882 bits per heavy atom. The highest BCUT2D eigenvalue weighted by Crippen LogP contribution is 2.27. The molecule has 1 aromatic heterocycles. The smallest absolute Gasteiger partial charge is 0.322 e. The predicted molar refractivity (Wildman–Crippen MR) is 122 cm³/mol. The summed E-state index contributed by atoms with van der Waals surface area (Å²) in [6.45, 7) is 0. The number of ether oxygens (including phenoxy) is 1. The third-order valence-corrected chi connectivity index (χ3v) is 4.27. The highest BCUT2D eigenvalue weighted by atomic mass is 19.1. The third-order valence-electron chi connectivity index (χ3n) is 4.27. The zero-order valence-electron chi connectivity index (χ0n) is 18.3. The van der Waals surface area contributed by atoms with Gasteiger partial charge in [0.1, 0.15) is 23.8 Å². The number of amides is 4. The minimum atomic E-state index is -0.760. The minimum absolute atomic E-state index is 0.122. The Labute approximate surface area is 193 Å². The molecule has 3 rings (SSSR count). The summed E-state index contributed by atoms with van der Waals surface area (Å²) in [5, 5.41) is 7.44. The zero-order chi connectivity index (χ0) is 24.7. The van der Waals surface area contributed by atoms with Crippen LogP contribution < -0.4 is 20.7 Å². The Morgan fingerprint density at radius 2 is 1.53 bits per heavy atom. The lowest BCUT2D eigenvalue weighted by molar-refractivity contribution is -0.123. The van der Waals surface area contributed by atoms with Crippen molar-refractivity contribution in [3.8, 4) is 11.5 Å². The van der Waals surface area contributed by atoms with Crippen molar-refractivity contribution in [1.29, 1.82) is 0 Å². The first-order valence-electron chi connectivity index (χ1n) is 9.96. The monoisotopic (exact) mass is 469 g/mol. The van der Waals surface area contributed by atoms with Gasteiger partial charge in [0.15, 0.2) is 11.6 Å². The molecular weight excluding hydrogens is 448 g/mol. The van der Waals surface area contributed by atoms with E-state index in [4.69, 9.17) is 4.74 Å². The van der Waals surface area contributed by atoms with Crippen molar-refractivity contribution in [2.75, 3.05) is 30.0 Å². The molecule has 3 aromatic rings. The van der Waals surface area contributed by atoms with Crippen molar-refractivity contribution >= 4 is 35.0 Å². The Hall–Kier alpha value is -4.54. The Bertz CT molecular complexity index is 1200. The Kier molecular flexibility index (Phi) is 7.70. The van der Waals surface area contributed by atoms with E-state index >= 15 is 0 Å². The van der Waals surface area contributed by atoms with Gasteiger partial charge in [-0.05, 0) is 42.5 Å². The van der Waals surface area contributed by atoms with Crippen molar-refractivity contribution in [1.82, 2.24) is 9.88 Å². The van der Waals surface area contributed by atoms with Gasteiger partial charge in [-0.1, -0.05) is 0 Å². The number of hydrogen-bond donors (Lipinski definition) is 3. The van der Waals surface area contributed by atoms with Crippen molar-refractivity contribution in [2.45, 2.75) is 6.42 Å². The molecule has 0 spiro atoms. The molecule has 9 nitrogen and oxygen atoms in total. The topological polar surface area (TPSA) is 113 Å². The molecule has 0 saturated heterocycles. The van der Waals surface area contributed by atoms with Crippen molar-refractivity contribution in [3.63, 3.8) is 0 Å². The summed E-state index contributed by atoms with van der Waals surface area (Å²) < 4.78 is 32.9. The van der Waals surface area contributed by atoms with Crippen LogP contribution in [0, 0.1) is 11.6 Å². The second kappa shape index (κ2) is 10.9. The van der Waals surface area contributed by atoms with Gasteiger partial charge >= 0.3 is 6.03 Å². The number of anilines is 3. The lowest BCUT2D eigenvalue weighted by atomic mass is 10.2. The van der Waals surface area contributed by atoms with Gasteiger partial charge in [0.2, 0.25) is 11.8 Å². The number of rotatable bonds is 7. The second-order valence-corrected chi connectivity index (χ2v) is 7.23. The van der Waals surface area contributed by atoms with Gasteiger partial charge in [-0.3, -0.25) is 14.9 Å². The molecule has 0 aliphatic carbocycles. The van der Waals surface area contributed by atoms with E-state index in [0.717, 1.165) is 6.07 Å². The first-order valence-corrected chi connectivity index (χ1v) is 9.96. The van der Waals surface area contributed by atoms with E-state index in [-0.39, 0.29) is 29.0 Å². The summed E-state index contributed by atoms with van der Waals surface area (Å²) in [4.78, 5) is 41.1. The quantitative estimate of drug-likeness (QED) is 0.449. The van der Waals surface area contributed by atoms with Gasteiger partial charge in [-0.2, -0.15) is 0 Å². The highest BCUT2D eigenvalue weighted by molar-refractivity contribution is 6.08. The minimum Gasteiger partial charge on any atom is -0.454 e. The molecule has 0 unspecified atom stereocenters. The molecule has 0 fully saturated rings. The summed E-state index contributed by atoms with van der Waals surface area (Å²) in [5.41, 5.74) is 0.463. The fourth-order valence-electron chi connectivity index (χ4n) is 2.64. The molecule has 0 saturated carbocycles. The van der Waals surface area contributed by atoms with E-state index in [2.05, 4.69) is 20.9 Å². The first kappa shape index (κ1) is 24.1. The maximum Gasteiger partial charge on any atom is 0.322 e. The van der Waals surface area contributed by atoms with Gasteiger partial charge < -0.3 is 20.3 Å². The lowest BCUT2D eigenvalue weighted by Crippen LogP contribution is -2.27. The SMILES string of the molecule is CN(C)C(=O)Nc1cc(Oc2ccc(NC(=O)CC(=O)Nc3ccc(F)cc3)cc2F)ccn1. The number of nitrogens with one attached hydrogen (secondary N) is 3. The molecule has 34 heavy (non-hydrogen) atoms. The number of pyridine rings is 1. The molecule has 4 amide bonds. The number of carbonyl (C=O) groups is 3. The standard InChI is InChI=1S/C23H21F2N5O4/c1-30(2)23(33)29-20-12-17(9-10-26-20)34-19-8-7-16(11-18(19)25)28-22(32)13-21(31)27-15-5-3-14(24)4-6-15/h3-12H,13H2,1-2H3,(H,27,31)(H,28,32)(H,26,29,33). The van der Waals surface area contributed by atoms with Crippen LogP contribution in [0.25, 0.3) is 0 Å². The van der Waals surface area contributed by atoms with Crippen LogP contribution in [0.4, 0.5) is 30.8 Å². The molecule has 3 N–H and O–H groups in total. The average Bonchev–Trinajstić information content (AvgIpc) is 2.77. The summed E-state index contributed by atoms with van der Waals surface area (Å²) in [6.07, 6.45) is 0.875. The molecule has 0 aliphatic rings. The summed E-state index contributed by atoms with van der Waals surface area (Å²) in [6, 6.07) is 11.4. The third kappa shape index (κ3) is 6.99. The fourth-order valence-corrected chi connectivity index (χ4v) is 2.64. The lowest BCUT2D eigenvalue weighted by Gasteiger charge is -2.13. The molecule has 1 heterocycles. The zero-order valence-corrected chi connectivity index (χ0v) is 18.3. The molecule has 0 bridgehead atoms. The normalized spacial score (nSPS) is 10.2. The number of benzene rings is 2. The van der Waals surface area contributed by atoms with E-state index in [0.29, 0.717) is 5.69 Å². The van der Waals surface area contributed by atoms with Crippen LogP contribution in [0.1, 0.15) is 6.42 Å². The molecule has 2 aromatic carbocycles. The van der Waals surface area contributed by atoms with Crippen LogP contribution in [-0.4, -0.2) is 41.8 Å². The highest BCUT2D eigenvalue weighted by Gasteiger charge is 2.13. The van der Waals surface area contributed by atoms with Crippen molar-refractivity contribution in [3.05, 3.63) is 72.4 Å². The molecule has 0 radical (unpaired) electrons. The maximum atomic E-state index is 14.5. The second-order valence-electron chi connectivity index (χ2n) is 7.23. The Morgan fingerprint density at radius 3 is 2.18 bits per heavy atom. The molecule has 11 heteroatoms. The van der Waals surface area contributed by atoms with Crippen molar-refractivity contribution < 1.29 is 27.9 Å². The largest absolute Gasteiger partial charge is 0.454 e. The number of hydrogen-bond acceptors (Lipinski definition) is 5. The summed E-state index contributed by atoms with van der Waals surface area (Å²) >= 11 is 0. The van der Waals surface area contributed by atoms with E-state index in [9.17, 15) is 23.2 Å². The van der Waals surface area contributed by atoms with Crippen LogP contribution in [-0.2, 0) is 9.59 Å². The first-order chi connectivity index (χ1) is 16.2. The number of aromatic nitrogens is 1. The molecular formula is C23H21F2N5O4. The van der Waals surface area contributed by atoms with Gasteiger partial charge in [0, 0.05) is 43.8 Å². The maximum absolute atomic E-state index is 14.5. The summed E-state index contributed by atoms with van der Waals surface area (Å²) in [5.74, 6) is -2.16. The van der Waals surface area contributed by atoms with Crippen LogP contribution >= 0.6 is 0 Å². The van der Waals surface area contributed by atoms with Crippen LogP contribution in [0.3, 0.4) is 0 Å². The van der Waals surface area contributed by atoms with Gasteiger partial charge in [0.05, 0.1) is 0 Å². The molecule has 0 aliphatic heterocycles. The Balaban J connectivity index is 1.57. The van der Waals surface area contributed by atoms with Crippen LogP contribution in [0.5, 0.6) is 11.5 Å². The van der Waals surface area contributed by atoms with Crippen LogP contribution in [0.2, 0.25) is 0 Å². The molecule has 0 atom stereocenters. The van der Waals surface area contributed by atoms with Gasteiger partial charge in [-0.25, -0.2) is 18.6 Å². The number of halogens is 2. The molecule has 176 valence electrons. The van der Waals surface area contributed by atoms with Gasteiger partial charge in [-0.15, -0.1) is 0 Å². The van der Waals surface area contributed by atoms with E-state index in [1.165, 1.54) is 59.6 Å². The van der Waals surface area contributed by atoms with Crippen LogP contribution in [0.15, 0.2) is 60.8 Å². The summed E-state index contributed by atoms with van der Waals surface area (Å²) in [7, 11) is 3.15. The van der Waals surface area contributed by atoms with Crippen molar-refractivity contribution in [2.24, 2.45) is 0 Å². The van der Waals surface area contributed by atoms with Gasteiger partial charge in [0.25, 0.3) is 0 Å². The fraction of sp³-hybridized carbons (Fsp3) is 0.130. The number of urea groups is 1. The van der Waals surface area contributed by atoms with E-state index in [1.54, 1.807) is 14.1 Å². The van der Waals surface area contributed by atoms with E-state index in [1.807, 2.05) is 0 Å². The van der Waals surface area contributed by atoms with E-state index < -0.39 is 29.9 Å².